The van der Waals surface area contributed by atoms with Gasteiger partial charge in [-0.25, -0.2) is 4.79 Å². The Hall–Kier alpha value is -0.920. The number of ether oxygens (including phenoxy) is 2. The molecule has 3 rings (SSSR count). The fourth-order valence-corrected chi connectivity index (χ4v) is 4.67. The van der Waals surface area contributed by atoms with Crippen molar-refractivity contribution < 1.29 is 26.9 Å². The highest BCUT2D eigenvalue weighted by atomic mass is 32.2. The Kier molecular flexibility index (Phi) is 2.25. The monoisotopic (exact) mass is 274 g/mol. The zero-order valence-corrected chi connectivity index (χ0v) is 10.9. The number of hydrogen-bond donors (Lipinski definition) is 0. The molecule has 3 aliphatic rings. The van der Waals surface area contributed by atoms with Crippen LogP contribution in [0, 0.1) is 0 Å². The lowest BCUT2D eigenvalue weighted by Crippen LogP contribution is -2.47. The molecule has 7 heteroatoms. The molecule has 5 atom stereocenters. The molecule has 0 aromatic carbocycles. The Balaban J connectivity index is 1.91. The number of esters is 1. The first-order valence-electron chi connectivity index (χ1n) is 5.71. The summed E-state index contributed by atoms with van der Waals surface area (Å²) in [5.74, 6) is -0.554. The lowest BCUT2D eigenvalue weighted by molar-refractivity contribution is -0.155. The van der Waals surface area contributed by atoms with Crippen molar-refractivity contribution in [2.75, 3.05) is 0 Å². The minimum atomic E-state index is -3.60. The van der Waals surface area contributed by atoms with Gasteiger partial charge in [0.2, 0.25) is 0 Å². The maximum Gasteiger partial charge on any atom is 0.333 e. The maximum atomic E-state index is 11.7. The van der Waals surface area contributed by atoms with Gasteiger partial charge in [0.05, 0.1) is 0 Å². The summed E-state index contributed by atoms with van der Waals surface area (Å²) in [6, 6.07) is 0. The van der Waals surface area contributed by atoms with Crippen molar-refractivity contribution in [3.63, 3.8) is 0 Å². The van der Waals surface area contributed by atoms with Crippen LogP contribution in [0.4, 0.5) is 0 Å². The van der Waals surface area contributed by atoms with Gasteiger partial charge in [0.1, 0.15) is 23.1 Å². The number of hydrogen-bond acceptors (Lipinski definition) is 6. The summed E-state index contributed by atoms with van der Waals surface area (Å²) in [5.41, 5.74) is -0.520. The van der Waals surface area contributed by atoms with Gasteiger partial charge < -0.3 is 9.47 Å². The van der Waals surface area contributed by atoms with Crippen LogP contribution in [0.1, 0.15) is 20.3 Å². The maximum absolute atomic E-state index is 11.7. The van der Waals surface area contributed by atoms with E-state index in [0.717, 1.165) is 0 Å². The standard InChI is InChI=1S/C11H14O6S/c1-5(2)10(12)15-9-8-7-6(18(13,14)17-8)4-11(9,3)16-7/h6-9H,1,4H2,2-3H3. The molecule has 2 bridgehead atoms. The largest absolute Gasteiger partial charge is 0.453 e. The molecule has 5 unspecified atom stereocenters. The van der Waals surface area contributed by atoms with Crippen molar-refractivity contribution in [2.45, 2.75) is 49.4 Å². The second kappa shape index (κ2) is 3.34. The smallest absolute Gasteiger partial charge is 0.333 e. The van der Waals surface area contributed by atoms with Gasteiger partial charge in [0.25, 0.3) is 10.1 Å². The molecule has 0 aliphatic carbocycles. The highest BCUT2D eigenvalue weighted by molar-refractivity contribution is 7.87. The SMILES string of the molecule is C=C(C)C(=O)OC1C2OS(=O)(=O)C3CC1(C)OC23. The quantitative estimate of drug-likeness (QED) is 0.405. The Morgan fingerprint density at radius 3 is 2.72 bits per heavy atom. The van der Waals surface area contributed by atoms with Crippen LogP contribution in [0.25, 0.3) is 0 Å². The third-order valence-corrected chi connectivity index (χ3v) is 5.47. The van der Waals surface area contributed by atoms with E-state index in [0.29, 0.717) is 6.42 Å². The van der Waals surface area contributed by atoms with Gasteiger partial charge >= 0.3 is 5.97 Å². The Bertz CT molecular complexity index is 538. The van der Waals surface area contributed by atoms with Crippen LogP contribution in [0.5, 0.6) is 0 Å². The van der Waals surface area contributed by atoms with Crippen molar-refractivity contribution in [3.8, 4) is 0 Å². The van der Waals surface area contributed by atoms with Gasteiger partial charge in [-0.1, -0.05) is 6.58 Å². The first-order chi connectivity index (χ1) is 8.24. The third kappa shape index (κ3) is 1.41. The van der Waals surface area contributed by atoms with Crippen molar-refractivity contribution >= 4 is 16.1 Å². The average Bonchev–Trinajstić information content (AvgIpc) is 2.77. The highest BCUT2D eigenvalue weighted by Gasteiger charge is 2.72. The van der Waals surface area contributed by atoms with Gasteiger partial charge in [-0.05, 0) is 13.8 Å². The van der Waals surface area contributed by atoms with E-state index in [9.17, 15) is 13.2 Å². The van der Waals surface area contributed by atoms with E-state index in [1.807, 2.05) is 0 Å². The molecular weight excluding hydrogens is 260 g/mol. The zero-order valence-electron chi connectivity index (χ0n) is 10.1. The van der Waals surface area contributed by atoms with Crippen LogP contribution >= 0.6 is 0 Å². The molecule has 0 aromatic heterocycles. The first kappa shape index (κ1) is 12.1. The Labute approximate surface area is 105 Å². The number of fused-ring (bicyclic) bond motifs is 1. The fraction of sp³-hybridized carbons (Fsp3) is 0.727. The summed E-state index contributed by atoms with van der Waals surface area (Å²) in [6.07, 6.45) is -1.64. The van der Waals surface area contributed by atoms with Crippen LogP contribution < -0.4 is 0 Å². The van der Waals surface area contributed by atoms with E-state index in [-0.39, 0.29) is 5.57 Å². The van der Waals surface area contributed by atoms with Gasteiger partial charge in [-0.15, -0.1) is 0 Å². The molecule has 3 fully saturated rings. The van der Waals surface area contributed by atoms with E-state index in [2.05, 4.69) is 6.58 Å². The highest BCUT2D eigenvalue weighted by Crippen LogP contribution is 2.53. The number of carbonyl (C=O) groups is 1. The molecule has 0 amide bonds. The third-order valence-electron chi connectivity index (χ3n) is 3.80. The van der Waals surface area contributed by atoms with Crippen LogP contribution in [0.3, 0.4) is 0 Å². The molecule has 0 aromatic rings. The van der Waals surface area contributed by atoms with Gasteiger partial charge in [-0.3, -0.25) is 4.18 Å². The number of carbonyl (C=O) groups excluding carboxylic acids is 1. The minimum Gasteiger partial charge on any atom is -0.453 e. The minimum absolute atomic E-state index is 0.263. The Morgan fingerprint density at radius 1 is 1.44 bits per heavy atom. The van der Waals surface area contributed by atoms with Crippen LogP contribution in [-0.2, 0) is 28.6 Å². The lowest BCUT2D eigenvalue weighted by atomic mass is 9.85. The predicted octanol–water partition coefficient (Wildman–Crippen LogP) is 0.133. The van der Waals surface area contributed by atoms with E-state index < -0.39 is 45.3 Å². The van der Waals surface area contributed by atoms with Crippen LogP contribution in [0.2, 0.25) is 0 Å². The van der Waals surface area contributed by atoms with Gasteiger partial charge in [-0.2, -0.15) is 8.42 Å². The first-order valence-corrected chi connectivity index (χ1v) is 7.18. The predicted molar refractivity (Wildman–Crippen MR) is 60.2 cm³/mol. The van der Waals surface area contributed by atoms with E-state index in [1.54, 1.807) is 6.92 Å². The van der Waals surface area contributed by atoms with Crippen molar-refractivity contribution in [1.29, 1.82) is 0 Å². The zero-order chi connectivity index (χ0) is 13.3. The molecule has 0 saturated carbocycles. The lowest BCUT2D eigenvalue weighted by Gasteiger charge is -2.29. The fourth-order valence-electron chi connectivity index (χ4n) is 2.94. The molecule has 0 radical (unpaired) electrons. The summed E-state index contributed by atoms with van der Waals surface area (Å²) in [6.45, 7) is 6.78. The van der Waals surface area contributed by atoms with Gasteiger partial charge in [0.15, 0.2) is 6.10 Å². The summed E-state index contributed by atoms with van der Waals surface area (Å²) < 4.78 is 39.4. The Morgan fingerprint density at radius 2 is 2.11 bits per heavy atom. The number of rotatable bonds is 2. The molecule has 6 nitrogen and oxygen atoms in total. The average molecular weight is 274 g/mol. The van der Waals surface area contributed by atoms with Crippen molar-refractivity contribution in [2.24, 2.45) is 0 Å². The molecule has 100 valence electrons. The normalized spacial score (nSPS) is 47.2. The van der Waals surface area contributed by atoms with Crippen molar-refractivity contribution in [1.82, 2.24) is 0 Å². The summed E-state index contributed by atoms with van der Waals surface area (Å²) in [4.78, 5) is 11.6. The summed E-state index contributed by atoms with van der Waals surface area (Å²) in [7, 11) is -3.60. The van der Waals surface area contributed by atoms with E-state index in [1.165, 1.54) is 6.92 Å². The summed E-state index contributed by atoms with van der Waals surface area (Å²) in [5, 5.41) is -0.632. The van der Waals surface area contributed by atoms with Crippen molar-refractivity contribution in [3.05, 3.63) is 12.2 Å². The van der Waals surface area contributed by atoms with Gasteiger partial charge in [0, 0.05) is 12.0 Å². The molecule has 3 aliphatic heterocycles. The van der Waals surface area contributed by atoms with E-state index in [4.69, 9.17) is 13.7 Å². The molecule has 3 heterocycles. The molecule has 0 spiro atoms. The topological polar surface area (TPSA) is 78.9 Å². The second-order valence-electron chi connectivity index (χ2n) is 5.30. The molecule has 0 N–H and O–H groups in total. The van der Waals surface area contributed by atoms with Crippen LogP contribution in [-0.4, -0.2) is 43.5 Å². The molecule has 18 heavy (non-hydrogen) atoms. The van der Waals surface area contributed by atoms with E-state index >= 15 is 0 Å². The second-order valence-corrected chi connectivity index (χ2v) is 7.08. The van der Waals surface area contributed by atoms with Crippen LogP contribution in [0.15, 0.2) is 12.2 Å². The summed E-state index contributed by atoms with van der Waals surface area (Å²) >= 11 is 0. The molecular formula is C11H14O6S. The molecule has 3 saturated heterocycles.